The Morgan fingerprint density at radius 2 is 2.06 bits per heavy atom. The summed E-state index contributed by atoms with van der Waals surface area (Å²) in [5, 5.41) is 2.66. The molecule has 1 fully saturated rings. The number of anilines is 1. The molecule has 1 spiro atoms. The number of alkyl halides is 1. The average Bonchev–Trinajstić information content (AvgIpc) is 2.71. The van der Waals surface area contributed by atoms with E-state index < -0.39 is 39.2 Å². The Kier molecular flexibility index (Phi) is 5.95. The number of benzene rings is 1. The Morgan fingerprint density at radius 3 is 2.64 bits per heavy atom. The van der Waals surface area contributed by atoms with Crippen LogP contribution in [0.4, 0.5) is 14.5 Å². The number of amides is 1. The number of rotatable bonds is 5. The molecule has 1 aromatic carbocycles. The molecule has 1 aromatic heterocycles. The van der Waals surface area contributed by atoms with Gasteiger partial charge in [-0.3, -0.25) is 14.0 Å². The van der Waals surface area contributed by atoms with Gasteiger partial charge in [0.2, 0.25) is 6.36 Å². The van der Waals surface area contributed by atoms with E-state index in [-0.39, 0.29) is 28.6 Å². The number of pyridine rings is 1. The molecule has 2 aliphatic heterocycles. The van der Waals surface area contributed by atoms with Gasteiger partial charge in [0.15, 0.2) is 0 Å². The van der Waals surface area contributed by atoms with Gasteiger partial charge in [-0.05, 0) is 44.3 Å². The monoisotopic (exact) mass is 477 g/mol. The van der Waals surface area contributed by atoms with Crippen LogP contribution in [-0.4, -0.2) is 62.8 Å². The number of nitrogens with one attached hydrogen (secondary N) is 1. The molecule has 11 heteroatoms. The van der Waals surface area contributed by atoms with Crippen LogP contribution in [0.3, 0.4) is 0 Å². The van der Waals surface area contributed by atoms with Gasteiger partial charge in [0.25, 0.3) is 5.91 Å². The van der Waals surface area contributed by atoms with E-state index in [4.69, 9.17) is 10.5 Å². The Bertz CT molecular complexity index is 1140. The van der Waals surface area contributed by atoms with Crippen LogP contribution >= 0.6 is 0 Å². The summed E-state index contributed by atoms with van der Waals surface area (Å²) in [5.41, 5.74) is 5.66. The quantitative estimate of drug-likeness (QED) is 0.683. The largest absolute Gasteiger partial charge is 0.459 e. The number of carbonyl (C=O) groups is 1. The van der Waals surface area contributed by atoms with E-state index in [1.807, 2.05) is 11.9 Å². The Morgan fingerprint density at radius 1 is 1.33 bits per heavy atom. The molecule has 0 aliphatic carbocycles. The fourth-order valence-corrected chi connectivity index (χ4v) is 6.18. The van der Waals surface area contributed by atoms with Crippen LogP contribution in [-0.2, 0) is 16.3 Å². The van der Waals surface area contributed by atoms with Crippen molar-refractivity contribution in [3.63, 3.8) is 0 Å². The van der Waals surface area contributed by atoms with E-state index in [1.54, 1.807) is 6.92 Å². The summed E-state index contributed by atoms with van der Waals surface area (Å²) < 4.78 is 45.0. The van der Waals surface area contributed by atoms with Crippen molar-refractivity contribution in [3.05, 3.63) is 53.6 Å². The van der Waals surface area contributed by atoms with Crippen LogP contribution in [0.15, 0.2) is 41.5 Å². The van der Waals surface area contributed by atoms with Gasteiger partial charge < -0.3 is 20.7 Å². The van der Waals surface area contributed by atoms with E-state index in [0.717, 1.165) is 0 Å². The molecule has 3 atom stereocenters. The molecule has 33 heavy (non-hydrogen) atoms. The maximum Gasteiger partial charge on any atom is 0.274 e. The number of likely N-dealkylation sites (tertiary alicyclic amines) is 1. The number of amidine groups is 1. The van der Waals surface area contributed by atoms with Gasteiger partial charge in [-0.2, -0.15) is 0 Å². The van der Waals surface area contributed by atoms with Crippen LogP contribution < -0.4 is 15.8 Å². The number of aliphatic imine (C=N–C) groups is 1. The fourth-order valence-electron chi connectivity index (χ4n) is 4.16. The van der Waals surface area contributed by atoms with Crippen molar-refractivity contribution in [3.8, 4) is 5.75 Å². The third-order valence-electron chi connectivity index (χ3n) is 5.80. The molecule has 3 heterocycles. The SMILES string of the molecule is CC(F)Oc1ccc(C(=O)Nc2ccc(F)c([C@]3(C)CS(=O)C4(CN(C)C4)C(N)=N3)c2)nc1. The normalized spacial score (nSPS) is 25.1. The van der Waals surface area contributed by atoms with Crippen molar-refractivity contribution >= 4 is 28.2 Å². The number of hydrogen-bond acceptors (Lipinski definition) is 7. The van der Waals surface area contributed by atoms with Crippen molar-refractivity contribution in [2.75, 3.05) is 31.2 Å². The third-order valence-corrected chi connectivity index (χ3v) is 7.97. The molecular formula is C22H25F2N5O3S. The lowest BCUT2D eigenvalue weighted by Gasteiger charge is -2.51. The van der Waals surface area contributed by atoms with Gasteiger partial charge in [-0.15, -0.1) is 0 Å². The van der Waals surface area contributed by atoms with Crippen molar-refractivity contribution in [2.45, 2.75) is 30.5 Å². The van der Waals surface area contributed by atoms with Crippen LogP contribution in [0, 0.1) is 5.82 Å². The molecular weight excluding hydrogens is 452 g/mol. The molecule has 1 amide bonds. The van der Waals surface area contributed by atoms with Gasteiger partial charge in [0.05, 0.1) is 17.5 Å². The highest BCUT2D eigenvalue weighted by Gasteiger charge is 2.55. The minimum absolute atomic E-state index is 0.0722. The molecule has 2 unspecified atom stereocenters. The Labute approximate surface area is 192 Å². The first kappa shape index (κ1) is 23.2. The van der Waals surface area contributed by atoms with E-state index in [1.165, 1.54) is 43.5 Å². The van der Waals surface area contributed by atoms with Crippen LogP contribution in [0.1, 0.15) is 29.9 Å². The van der Waals surface area contributed by atoms with Crippen LogP contribution in [0.25, 0.3) is 0 Å². The summed E-state index contributed by atoms with van der Waals surface area (Å²) in [6.45, 7) is 4.01. The predicted molar refractivity (Wildman–Crippen MR) is 122 cm³/mol. The molecule has 3 N–H and O–H groups in total. The minimum Gasteiger partial charge on any atom is -0.459 e. The third kappa shape index (κ3) is 4.34. The lowest BCUT2D eigenvalue weighted by molar-refractivity contribution is 0.0856. The molecule has 0 bridgehead atoms. The van der Waals surface area contributed by atoms with E-state index in [9.17, 15) is 17.8 Å². The van der Waals surface area contributed by atoms with E-state index in [0.29, 0.717) is 18.8 Å². The van der Waals surface area contributed by atoms with Crippen molar-refractivity contribution in [1.82, 2.24) is 9.88 Å². The number of hydrogen-bond donors (Lipinski definition) is 2. The molecule has 0 saturated carbocycles. The zero-order chi connectivity index (χ0) is 24.0. The number of carbonyl (C=O) groups excluding carboxylic acids is 1. The molecule has 8 nitrogen and oxygen atoms in total. The summed E-state index contributed by atoms with van der Waals surface area (Å²) in [6.07, 6.45) is -0.263. The summed E-state index contributed by atoms with van der Waals surface area (Å²) in [4.78, 5) is 23.1. The van der Waals surface area contributed by atoms with Crippen molar-refractivity contribution < 1.29 is 22.5 Å². The molecule has 1 saturated heterocycles. The second-order valence-electron chi connectivity index (χ2n) is 8.62. The summed E-state index contributed by atoms with van der Waals surface area (Å²) >= 11 is 0. The summed E-state index contributed by atoms with van der Waals surface area (Å²) in [7, 11) is 0.569. The smallest absolute Gasteiger partial charge is 0.274 e. The second kappa shape index (κ2) is 8.45. The highest BCUT2D eigenvalue weighted by molar-refractivity contribution is 7.87. The average molecular weight is 478 g/mol. The van der Waals surface area contributed by atoms with Crippen LogP contribution in [0.5, 0.6) is 5.75 Å². The second-order valence-corrected chi connectivity index (χ2v) is 10.4. The first-order chi connectivity index (χ1) is 15.5. The molecule has 2 aliphatic rings. The number of ether oxygens (including phenoxy) is 1. The lowest BCUT2D eigenvalue weighted by Crippen LogP contribution is -2.71. The number of nitrogens with two attached hydrogens (primary N) is 1. The maximum absolute atomic E-state index is 14.8. The number of halogens is 2. The highest BCUT2D eigenvalue weighted by atomic mass is 32.2. The standard InChI is InChI=1S/C22H25F2N5O3S/c1-13(23)32-15-5-7-18(26-9-15)19(30)27-14-4-6-17(24)16(8-14)21(2)12-33(31)22(20(25)28-21)10-29(3)11-22/h4-9,13H,10-12H2,1-3H3,(H2,25,28)(H,27,30)/t13?,21-,33?/m0/s1. The van der Waals surface area contributed by atoms with Crippen molar-refractivity contribution in [2.24, 2.45) is 10.7 Å². The molecule has 2 aromatic rings. The van der Waals surface area contributed by atoms with Crippen molar-refractivity contribution in [1.29, 1.82) is 0 Å². The van der Waals surface area contributed by atoms with Gasteiger partial charge in [-0.25, -0.2) is 13.8 Å². The summed E-state index contributed by atoms with van der Waals surface area (Å²) in [6, 6.07) is 6.92. The number of aromatic nitrogens is 1. The topological polar surface area (TPSA) is 110 Å². The fraction of sp³-hybridized carbons (Fsp3) is 0.409. The van der Waals surface area contributed by atoms with Gasteiger partial charge in [0, 0.05) is 42.1 Å². The molecule has 176 valence electrons. The first-order valence-electron chi connectivity index (χ1n) is 10.3. The highest BCUT2D eigenvalue weighted by Crippen LogP contribution is 2.40. The predicted octanol–water partition coefficient (Wildman–Crippen LogP) is 2.19. The zero-order valence-electron chi connectivity index (χ0n) is 18.5. The Hall–Kier alpha value is -2.92. The minimum atomic E-state index is -1.50. The molecule has 0 radical (unpaired) electrons. The Balaban J connectivity index is 1.56. The lowest BCUT2D eigenvalue weighted by atomic mass is 9.91. The van der Waals surface area contributed by atoms with E-state index in [2.05, 4.69) is 15.3 Å². The first-order valence-corrected chi connectivity index (χ1v) is 11.7. The van der Waals surface area contributed by atoms with Crippen LogP contribution in [0.2, 0.25) is 0 Å². The molecule has 4 rings (SSSR count). The number of nitrogens with zero attached hydrogens (tertiary/aromatic N) is 3. The summed E-state index contributed by atoms with van der Waals surface area (Å²) in [5.74, 6) is -0.508. The zero-order valence-corrected chi connectivity index (χ0v) is 19.3. The van der Waals surface area contributed by atoms with E-state index >= 15 is 0 Å². The van der Waals surface area contributed by atoms with Gasteiger partial charge in [0.1, 0.15) is 27.8 Å². The van der Waals surface area contributed by atoms with Gasteiger partial charge >= 0.3 is 0 Å². The van der Waals surface area contributed by atoms with Gasteiger partial charge in [-0.1, -0.05) is 0 Å². The maximum atomic E-state index is 14.8.